The van der Waals surface area contributed by atoms with E-state index < -0.39 is 0 Å². The fraction of sp³-hybridized carbons (Fsp3) is 0.375. The van der Waals surface area contributed by atoms with Crippen LogP contribution >= 0.6 is 11.3 Å². The Balaban J connectivity index is 1.44. The maximum absolute atomic E-state index is 13.1. The van der Waals surface area contributed by atoms with Crippen LogP contribution in [-0.4, -0.2) is 57.6 Å². The standard InChI is InChI=1S/C24H28N4O2S/c1-26(24(30)21-10-15-31-18-21)22(16-19-6-3-2-4-7-19)20-8-13-27(14-9-20)23(29)17-28-12-5-11-25-28/h2-7,10-12,15,18,20,22H,8-9,13-14,16-17H2,1H3/t22-/m1/s1. The lowest BCUT2D eigenvalue weighted by atomic mass is 9.84. The summed E-state index contributed by atoms with van der Waals surface area (Å²) in [6.07, 6.45) is 6.10. The lowest BCUT2D eigenvalue weighted by Crippen LogP contribution is -2.48. The van der Waals surface area contributed by atoms with Crippen molar-refractivity contribution in [3.8, 4) is 0 Å². The van der Waals surface area contributed by atoms with E-state index in [4.69, 9.17) is 0 Å². The molecule has 1 saturated heterocycles. The lowest BCUT2D eigenvalue weighted by Gasteiger charge is -2.40. The third kappa shape index (κ3) is 5.22. The SMILES string of the molecule is CN(C(=O)c1ccsc1)[C@H](Cc1ccccc1)C1CCN(C(=O)Cn2cccn2)CC1. The van der Waals surface area contributed by atoms with Crippen molar-refractivity contribution >= 4 is 23.2 Å². The van der Waals surface area contributed by atoms with E-state index >= 15 is 0 Å². The number of hydrogen-bond donors (Lipinski definition) is 0. The van der Waals surface area contributed by atoms with Gasteiger partial charge >= 0.3 is 0 Å². The van der Waals surface area contributed by atoms with Crippen molar-refractivity contribution in [2.24, 2.45) is 5.92 Å². The molecule has 162 valence electrons. The number of likely N-dealkylation sites (N-methyl/N-ethyl adjacent to an activating group) is 1. The van der Waals surface area contributed by atoms with E-state index in [9.17, 15) is 9.59 Å². The molecule has 0 radical (unpaired) electrons. The van der Waals surface area contributed by atoms with Crippen LogP contribution in [0.15, 0.2) is 65.6 Å². The van der Waals surface area contributed by atoms with Crippen molar-refractivity contribution in [1.82, 2.24) is 19.6 Å². The summed E-state index contributed by atoms with van der Waals surface area (Å²) in [4.78, 5) is 29.6. The highest BCUT2D eigenvalue weighted by molar-refractivity contribution is 7.08. The summed E-state index contributed by atoms with van der Waals surface area (Å²) in [5, 5.41) is 7.99. The summed E-state index contributed by atoms with van der Waals surface area (Å²) in [5.74, 6) is 0.519. The minimum absolute atomic E-state index is 0.0689. The summed E-state index contributed by atoms with van der Waals surface area (Å²) < 4.78 is 1.67. The summed E-state index contributed by atoms with van der Waals surface area (Å²) in [6, 6.07) is 14.2. The van der Waals surface area contributed by atoms with E-state index in [1.54, 1.807) is 22.2 Å². The van der Waals surface area contributed by atoms with Gasteiger partial charge in [0.1, 0.15) is 6.54 Å². The van der Waals surface area contributed by atoms with Gasteiger partial charge in [-0.05, 0) is 48.3 Å². The van der Waals surface area contributed by atoms with Crippen LogP contribution in [0, 0.1) is 5.92 Å². The van der Waals surface area contributed by atoms with Gasteiger partial charge in [0.05, 0.1) is 5.56 Å². The molecule has 1 aliphatic heterocycles. The molecule has 0 saturated carbocycles. The van der Waals surface area contributed by atoms with Gasteiger partial charge in [-0.1, -0.05) is 30.3 Å². The van der Waals surface area contributed by atoms with Crippen LogP contribution in [0.1, 0.15) is 28.8 Å². The second-order valence-electron chi connectivity index (χ2n) is 8.11. The van der Waals surface area contributed by atoms with Crippen molar-refractivity contribution in [3.63, 3.8) is 0 Å². The number of nitrogens with zero attached hydrogens (tertiary/aromatic N) is 4. The van der Waals surface area contributed by atoms with E-state index in [1.807, 2.05) is 64.1 Å². The largest absolute Gasteiger partial charge is 0.341 e. The molecule has 0 unspecified atom stereocenters. The molecule has 1 fully saturated rings. The Kier molecular flexibility index (Phi) is 6.82. The maximum Gasteiger partial charge on any atom is 0.254 e. The Bertz CT molecular complexity index is 964. The van der Waals surface area contributed by atoms with Gasteiger partial charge in [0.15, 0.2) is 0 Å². The molecule has 1 aromatic carbocycles. The van der Waals surface area contributed by atoms with Gasteiger partial charge in [0, 0.05) is 44.0 Å². The molecule has 0 aliphatic carbocycles. The minimum atomic E-state index is 0.0689. The second-order valence-corrected chi connectivity index (χ2v) is 8.89. The molecule has 3 aromatic rings. The number of hydrogen-bond acceptors (Lipinski definition) is 4. The number of benzene rings is 1. The zero-order chi connectivity index (χ0) is 21.6. The van der Waals surface area contributed by atoms with Gasteiger partial charge in [0.2, 0.25) is 5.91 Å². The van der Waals surface area contributed by atoms with Crippen molar-refractivity contribution in [1.29, 1.82) is 0 Å². The Morgan fingerprint density at radius 2 is 1.94 bits per heavy atom. The van der Waals surface area contributed by atoms with Gasteiger partial charge in [-0.25, -0.2) is 0 Å². The summed E-state index contributed by atoms with van der Waals surface area (Å²) in [6.45, 7) is 1.72. The van der Waals surface area contributed by atoms with Gasteiger partial charge in [-0.15, -0.1) is 0 Å². The molecule has 3 heterocycles. The zero-order valence-corrected chi connectivity index (χ0v) is 18.6. The summed E-state index contributed by atoms with van der Waals surface area (Å²) in [5.41, 5.74) is 1.98. The van der Waals surface area contributed by atoms with Gasteiger partial charge in [0.25, 0.3) is 5.91 Å². The minimum Gasteiger partial charge on any atom is -0.341 e. The Morgan fingerprint density at radius 1 is 1.16 bits per heavy atom. The Morgan fingerprint density at radius 3 is 2.58 bits per heavy atom. The predicted molar refractivity (Wildman–Crippen MR) is 122 cm³/mol. The van der Waals surface area contributed by atoms with E-state index in [2.05, 4.69) is 17.2 Å². The van der Waals surface area contributed by atoms with E-state index in [1.165, 1.54) is 5.56 Å². The quantitative estimate of drug-likeness (QED) is 0.569. The number of likely N-dealkylation sites (tertiary alicyclic amines) is 1. The normalized spacial score (nSPS) is 15.6. The zero-order valence-electron chi connectivity index (χ0n) is 17.8. The molecule has 2 amide bonds. The predicted octanol–water partition coefficient (Wildman–Crippen LogP) is 3.57. The maximum atomic E-state index is 13.1. The molecule has 1 atom stereocenters. The Hall–Kier alpha value is -2.93. The van der Waals surface area contributed by atoms with Gasteiger partial charge in [-0.3, -0.25) is 14.3 Å². The molecular formula is C24H28N4O2S. The van der Waals surface area contributed by atoms with Gasteiger partial charge < -0.3 is 9.80 Å². The third-order valence-electron chi connectivity index (χ3n) is 6.17. The van der Waals surface area contributed by atoms with Gasteiger partial charge in [-0.2, -0.15) is 16.4 Å². The number of carbonyl (C=O) groups is 2. The molecule has 2 aromatic heterocycles. The molecule has 0 spiro atoms. The number of piperidine rings is 1. The van der Waals surface area contributed by atoms with E-state index in [0.717, 1.165) is 37.9 Å². The molecular weight excluding hydrogens is 408 g/mol. The van der Waals surface area contributed by atoms with Crippen LogP contribution in [0.5, 0.6) is 0 Å². The molecule has 4 rings (SSSR count). The van der Waals surface area contributed by atoms with Crippen LogP contribution in [0.3, 0.4) is 0 Å². The highest BCUT2D eigenvalue weighted by Gasteiger charge is 2.33. The van der Waals surface area contributed by atoms with Crippen LogP contribution in [0.2, 0.25) is 0 Å². The third-order valence-corrected chi connectivity index (χ3v) is 6.85. The first-order valence-electron chi connectivity index (χ1n) is 10.7. The average Bonchev–Trinajstić information content (AvgIpc) is 3.52. The highest BCUT2D eigenvalue weighted by atomic mass is 32.1. The van der Waals surface area contributed by atoms with Crippen molar-refractivity contribution in [2.45, 2.75) is 31.8 Å². The first-order valence-corrected chi connectivity index (χ1v) is 11.6. The van der Waals surface area contributed by atoms with Crippen molar-refractivity contribution in [3.05, 3.63) is 76.7 Å². The summed E-state index contributed by atoms with van der Waals surface area (Å²) >= 11 is 1.54. The number of amides is 2. The number of thiophene rings is 1. The number of rotatable bonds is 7. The topological polar surface area (TPSA) is 58.4 Å². The Labute approximate surface area is 187 Å². The van der Waals surface area contributed by atoms with Crippen molar-refractivity contribution in [2.75, 3.05) is 20.1 Å². The fourth-order valence-electron chi connectivity index (χ4n) is 4.38. The number of carbonyl (C=O) groups excluding carboxylic acids is 2. The molecule has 0 bridgehead atoms. The smallest absolute Gasteiger partial charge is 0.254 e. The van der Waals surface area contributed by atoms with Crippen LogP contribution in [0.4, 0.5) is 0 Å². The lowest BCUT2D eigenvalue weighted by molar-refractivity contribution is -0.133. The average molecular weight is 437 g/mol. The molecule has 0 N–H and O–H groups in total. The fourth-order valence-corrected chi connectivity index (χ4v) is 5.01. The monoisotopic (exact) mass is 436 g/mol. The van der Waals surface area contributed by atoms with E-state index in [0.29, 0.717) is 5.92 Å². The molecule has 7 heteroatoms. The van der Waals surface area contributed by atoms with E-state index in [-0.39, 0.29) is 24.4 Å². The summed E-state index contributed by atoms with van der Waals surface area (Å²) in [7, 11) is 1.92. The van der Waals surface area contributed by atoms with Crippen LogP contribution in [0.25, 0.3) is 0 Å². The number of aromatic nitrogens is 2. The highest BCUT2D eigenvalue weighted by Crippen LogP contribution is 2.28. The van der Waals surface area contributed by atoms with Crippen LogP contribution in [-0.2, 0) is 17.8 Å². The molecule has 6 nitrogen and oxygen atoms in total. The first kappa shape index (κ1) is 21.3. The van der Waals surface area contributed by atoms with Crippen molar-refractivity contribution < 1.29 is 9.59 Å². The first-order chi connectivity index (χ1) is 15.1. The molecule has 31 heavy (non-hydrogen) atoms. The second kappa shape index (κ2) is 9.92. The molecule has 1 aliphatic rings. The van der Waals surface area contributed by atoms with Crippen LogP contribution < -0.4 is 0 Å².